The van der Waals surface area contributed by atoms with Crippen molar-refractivity contribution in [3.05, 3.63) is 54.1 Å². The van der Waals surface area contributed by atoms with Gasteiger partial charge in [0.15, 0.2) is 9.84 Å². The molecule has 0 radical (unpaired) electrons. The van der Waals surface area contributed by atoms with Crippen molar-refractivity contribution in [1.82, 2.24) is 0 Å². The smallest absolute Gasteiger partial charge is 0.175 e. The Labute approximate surface area is 119 Å². The molecule has 0 unspecified atom stereocenters. The van der Waals surface area contributed by atoms with Crippen molar-refractivity contribution in [1.29, 1.82) is 0 Å². The van der Waals surface area contributed by atoms with Crippen molar-refractivity contribution in [2.24, 2.45) is 5.73 Å². The van der Waals surface area contributed by atoms with E-state index >= 15 is 0 Å². The highest BCUT2D eigenvalue weighted by molar-refractivity contribution is 7.90. The molecular weight excluding hydrogens is 282 g/mol. The molecule has 0 saturated heterocycles. The second-order valence-electron chi connectivity index (χ2n) is 4.20. The zero-order valence-corrected chi connectivity index (χ0v) is 12.2. The Kier molecular flexibility index (Phi) is 5.11. The topological polar surface area (TPSA) is 60.2 Å². The van der Waals surface area contributed by atoms with Crippen LogP contribution in [0.5, 0.6) is 0 Å². The lowest BCUT2D eigenvalue weighted by atomic mass is 10.0. The lowest BCUT2D eigenvalue weighted by molar-refractivity contribution is 0.602. The van der Waals surface area contributed by atoms with Crippen LogP contribution in [0.15, 0.2) is 53.4 Å². The van der Waals surface area contributed by atoms with Gasteiger partial charge in [-0.2, -0.15) is 0 Å². The monoisotopic (exact) mass is 297 g/mol. The van der Waals surface area contributed by atoms with E-state index in [9.17, 15) is 8.42 Å². The molecule has 5 heteroatoms. The molecule has 0 aliphatic carbocycles. The maximum absolute atomic E-state index is 11.4. The Morgan fingerprint density at radius 1 is 0.895 bits per heavy atom. The van der Waals surface area contributed by atoms with Gasteiger partial charge in [0.1, 0.15) is 0 Å². The highest BCUT2D eigenvalue weighted by Crippen LogP contribution is 2.21. The van der Waals surface area contributed by atoms with E-state index in [1.54, 1.807) is 12.1 Å². The Morgan fingerprint density at radius 2 is 1.32 bits per heavy atom. The van der Waals surface area contributed by atoms with Crippen LogP contribution in [0.4, 0.5) is 0 Å². The highest BCUT2D eigenvalue weighted by Gasteiger charge is 2.06. The molecule has 0 aliphatic heterocycles. The Morgan fingerprint density at radius 3 is 1.68 bits per heavy atom. The van der Waals surface area contributed by atoms with E-state index in [1.807, 2.05) is 36.4 Å². The minimum Gasteiger partial charge on any atom is -0.326 e. The van der Waals surface area contributed by atoms with Crippen LogP contribution in [-0.2, 0) is 16.4 Å². The van der Waals surface area contributed by atoms with Crippen LogP contribution in [-0.4, -0.2) is 14.7 Å². The molecule has 0 amide bonds. The largest absolute Gasteiger partial charge is 0.326 e. The first-order valence-corrected chi connectivity index (χ1v) is 7.49. The van der Waals surface area contributed by atoms with Crippen LogP contribution < -0.4 is 5.73 Å². The van der Waals surface area contributed by atoms with Gasteiger partial charge in [-0.3, -0.25) is 0 Å². The van der Waals surface area contributed by atoms with Crippen molar-refractivity contribution in [2.75, 3.05) is 6.26 Å². The standard InChI is InChI=1S/C14H15NO2S.ClH/c1-18(16,17)14-8-6-13(7-9-14)12-4-2-11(10-15)3-5-12;/h2-9H,10,15H2,1H3;1H. The molecule has 0 aromatic heterocycles. The zero-order valence-electron chi connectivity index (χ0n) is 10.5. The molecule has 2 N–H and O–H groups in total. The number of rotatable bonds is 3. The molecule has 0 fully saturated rings. The van der Waals surface area contributed by atoms with Gasteiger partial charge in [-0.05, 0) is 28.8 Å². The molecule has 3 nitrogen and oxygen atoms in total. The van der Waals surface area contributed by atoms with E-state index < -0.39 is 9.84 Å². The minimum absolute atomic E-state index is 0. The van der Waals surface area contributed by atoms with E-state index in [0.29, 0.717) is 11.4 Å². The van der Waals surface area contributed by atoms with E-state index in [2.05, 4.69) is 0 Å². The summed E-state index contributed by atoms with van der Waals surface area (Å²) in [5, 5.41) is 0. The second-order valence-corrected chi connectivity index (χ2v) is 6.21. The number of hydrogen-bond donors (Lipinski definition) is 1. The van der Waals surface area contributed by atoms with Crippen LogP contribution >= 0.6 is 12.4 Å². The van der Waals surface area contributed by atoms with Crippen molar-refractivity contribution < 1.29 is 8.42 Å². The molecule has 2 aromatic carbocycles. The number of nitrogens with two attached hydrogens (primary N) is 1. The molecule has 102 valence electrons. The van der Waals surface area contributed by atoms with E-state index in [1.165, 1.54) is 6.26 Å². The minimum atomic E-state index is -3.13. The number of sulfone groups is 1. The van der Waals surface area contributed by atoms with Crippen molar-refractivity contribution >= 4 is 22.2 Å². The van der Waals surface area contributed by atoms with Crippen LogP contribution in [0.3, 0.4) is 0 Å². The predicted molar refractivity (Wildman–Crippen MR) is 80.1 cm³/mol. The fourth-order valence-electron chi connectivity index (χ4n) is 1.73. The SMILES string of the molecule is CS(=O)(=O)c1ccc(-c2ccc(CN)cc2)cc1.Cl. The fraction of sp³-hybridized carbons (Fsp3) is 0.143. The van der Waals surface area contributed by atoms with E-state index in [4.69, 9.17) is 5.73 Å². The Balaban J connectivity index is 0.00000180. The molecule has 2 rings (SSSR count). The Hall–Kier alpha value is -1.36. The fourth-order valence-corrected chi connectivity index (χ4v) is 2.36. The van der Waals surface area contributed by atoms with Crippen LogP contribution in [0.25, 0.3) is 11.1 Å². The predicted octanol–water partition coefficient (Wildman–Crippen LogP) is 2.64. The van der Waals surface area contributed by atoms with E-state index in [-0.39, 0.29) is 12.4 Å². The van der Waals surface area contributed by atoms with Gasteiger partial charge >= 0.3 is 0 Å². The number of benzene rings is 2. The third kappa shape index (κ3) is 3.80. The summed E-state index contributed by atoms with van der Waals surface area (Å²) in [7, 11) is -3.13. The van der Waals surface area contributed by atoms with Crippen LogP contribution in [0, 0.1) is 0 Å². The summed E-state index contributed by atoms with van der Waals surface area (Å²) >= 11 is 0. The third-order valence-corrected chi connectivity index (χ3v) is 3.93. The summed E-state index contributed by atoms with van der Waals surface area (Å²) in [4.78, 5) is 0.338. The third-order valence-electron chi connectivity index (χ3n) is 2.81. The number of hydrogen-bond acceptors (Lipinski definition) is 3. The normalized spacial score (nSPS) is 10.8. The molecule has 0 bridgehead atoms. The van der Waals surface area contributed by atoms with E-state index in [0.717, 1.165) is 16.7 Å². The first-order chi connectivity index (χ1) is 8.50. The first-order valence-electron chi connectivity index (χ1n) is 5.60. The zero-order chi connectivity index (χ0) is 13.2. The molecule has 0 saturated carbocycles. The number of halogens is 1. The van der Waals surface area contributed by atoms with Crippen molar-refractivity contribution in [3.8, 4) is 11.1 Å². The highest BCUT2D eigenvalue weighted by atomic mass is 35.5. The molecule has 19 heavy (non-hydrogen) atoms. The summed E-state index contributed by atoms with van der Waals surface area (Å²) in [5.74, 6) is 0. The lowest BCUT2D eigenvalue weighted by Gasteiger charge is -2.04. The maximum atomic E-state index is 11.4. The van der Waals surface area contributed by atoms with Gasteiger partial charge in [0.2, 0.25) is 0 Å². The summed E-state index contributed by atoms with van der Waals surface area (Å²) in [6.45, 7) is 0.521. The van der Waals surface area contributed by atoms with Gasteiger partial charge in [-0.1, -0.05) is 36.4 Å². The van der Waals surface area contributed by atoms with Gasteiger partial charge < -0.3 is 5.73 Å². The second kappa shape index (κ2) is 6.19. The molecule has 0 heterocycles. The van der Waals surface area contributed by atoms with Gasteiger partial charge in [0.05, 0.1) is 4.90 Å². The van der Waals surface area contributed by atoms with Crippen molar-refractivity contribution in [3.63, 3.8) is 0 Å². The summed E-state index contributed by atoms with van der Waals surface area (Å²) in [6, 6.07) is 14.8. The van der Waals surface area contributed by atoms with Crippen LogP contribution in [0.1, 0.15) is 5.56 Å². The van der Waals surface area contributed by atoms with Gasteiger partial charge in [0, 0.05) is 12.8 Å². The quantitative estimate of drug-likeness (QED) is 0.947. The molecular formula is C14H16ClNO2S. The Bertz CT molecular complexity index is 634. The van der Waals surface area contributed by atoms with Gasteiger partial charge in [-0.25, -0.2) is 8.42 Å². The summed E-state index contributed by atoms with van der Waals surface area (Å²) in [6.07, 6.45) is 1.21. The summed E-state index contributed by atoms with van der Waals surface area (Å²) < 4.78 is 22.7. The first kappa shape index (κ1) is 15.7. The van der Waals surface area contributed by atoms with Gasteiger partial charge in [0.25, 0.3) is 0 Å². The van der Waals surface area contributed by atoms with Gasteiger partial charge in [-0.15, -0.1) is 12.4 Å². The average Bonchev–Trinajstić information content (AvgIpc) is 2.38. The molecule has 2 aromatic rings. The lowest BCUT2D eigenvalue weighted by Crippen LogP contribution is -1.96. The van der Waals surface area contributed by atoms with Crippen LogP contribution in [0.2, 0.25) is 0 Å². The maximum Gasteiger partial charge on any atom is 0.175 e. The molecule has 0 atom stereocenters. The molecule has 0 aliphatic rings. The molecule has 0 spiro atoms. The average molecular weight is 298 g/mol. The summed E-state index contributed by atoms with van der Waals surface area (Å²) in [5.41, 5.74) is 8.66. The van der Waals surface area contributed by atoms with Crippen molar-refractivity contribution in [2.45, 2.75) is 11.4 Å².